The minimum atomic E-state index is -0.403. The summed E-state index contributed by atoms with van der Waals surface area (Å²) in [6.45, 7) is 3.90. The zero-order chi connectivity index (χ0) is 12.7. The van der Waals surface area contributed by atoms with Gasteiger partial charge in [0.15, 0.2) is 0 Å². The van der Waals surface area contributed by atoms with E-state index >= 15 is 0 Å². The van der Waals surface area contributed by atoms with Gasteiger partial charge in [0.05, 0.1) is 12.6 Å². The second-order valence-electron chi connectivity index (χ2n) is 4.24. The van der Waals surface area contributed by atoms with Gasteiger partial charge >= 0.3 is 0 Å². The zero-order valence-corrected chi connectivity index (χ0v) is 10.5. The maximum atomic E-state index is 11.4. The number of benzene rings is 1. The monoisotopic (exact) mass is 232 g/mol. The van der Waals surface area contributed by atoms with E-state index in [1.54, 1.807) is 7.11 Å². The van der Waals surface area contributed by atoms with Gasteiger partial charge in [0.25, 0.3) is 5.91 Å². The summed E-state index contributed by atoms with van der Waals surface area (Å²) in [6, 6.07) is 3.89. The Balaban J connectivity index is 2.92. The summed E-state index contributed by atoms with van der Waals surface area (Å²) < 4.78 is 7.09. The van der Waals surface area contributed by atoms with Crippen LogP contribution >= 0.6 is 0 Å². The Labute approximate surface area is 100.0 Å². The van der Waals surface area contributed by atoms with Crippen LogP contribution in [-0.4, -0.2) is 17.6 Å². The van der Waals surface area contributed by atoms with Crippen LogP contribution in [0.5, 0.6) is 5.75 Å². The van der Waals surface area contributed by atoms with Gasteiger partial charge in [-0.05, 0) is 37.1 Å². The maximum absolute atomic E-state index is 11.4. The van der Waals surface area contributed by atoms with Crippen molar-refractivity contribution in [2.75, 3.05) is 7.11 Å². The number of aromatic nitrogens is 1. The van der Waals surface area contributed by atoms with E-state index in [2.05, 4.69) is 0 Å². The predicted octanol–water partition coefficient (Wildman–Crippen LogP) is 1.90. The smallest absolute Gasteiger partial charge is 0.265 e. The first-order chi connectivity index (χ1) is 7.97. The van der Waals surface area contributed by atoms with E-state index in [0.717, 1.165) is 27.8 Å². The van der Waals surface area contributed by atoms with E-state index in [-0.39, 0.29) is 0 Å². The van der Waals surface area contributed by atoms with Gasteiger partial charge in [0.2, 0.25) is 0 Å². The standard InChI is InChI=1S/C13H16N2O2/c1-7-5-9(17-4)6-10-8(2)12(13(14)16)15(3)11(7)10/h5-6H,1-4H3,(H2,14,16). The molecule has 0 atom stereocenters. The molecule has 0 aliphatic rings. The molecule has 1 aromatic heterocycles. The average molecular weight is 232 g/mol. The molecular formula is C13H16N2O2. The number of rotatable bonds is 2. The van der Waals surface area contributed by atoms with Gasteiger partial charge in [-0.1, -0.05) is 0 Å². The molecule has 90 valence electrons. The van der Waals surface area contributed by atoms with Crippen molar-refractivity contribution in [3.8, 4) is 5.75 Å². The zero-order valence-electron chi connectivity index (χ0n) is 10.5. The topological polar surface area (TPSA) is 57.2 Å². The Bertz CT molecular complexity index is 612. The largest absolute Gasteiger partial charge is 0.497 e. The molecule has 0 spiro atoms. The van der Waals surface area contributed by atoms with Crippen LogP contribution in [0.15, 0.2) is 12.1 Å². The molecule has 1 aromatic carbocycles. The van der Waals surface area contributed by atoms with Crippen molar-refractivity contribution >= 4 is 16.8 Å². The number of methoxy groups -OCH3 is 1. The highest BCUT2D eigenvalue weighted by Gasteiger charge is 2.17. The Kier molecular flexibility index (Phi) is 2.58. The van der Waals surface area contributed by atoms with Crippen molar-refractivity contribution in [1.29, 1.82) is 0 Å². The Morgan fingerprint density at radius 1 is 1.35 bits per heavy atom. The third-order valence-corrected chi connectivity index (χ3v) is 3.17. The third kappa shape index (κ3) is 1.56. The van der Waals surface area contributed by atoms with Gasteiger partial charge in [0.1, 0.15) is 11.4 Å². The van der Waals surface area contributed by atoms with E-state index in [1.165, 1.54) is 0 Å². The number of hydrogen-bond donors (Lipinski definition) is 1. The molecule has 0 saturated heterocycles. The third-order valence-electron chi connectivity index (χ3n) is 3.17. The van der Waals surface area contributed by atoms with Crippen LogP contribution in [0.3, 0.4) is 0 Å². The number of carbonyl (C=O) groups is 1. The van der Waals surface area contributed by atoms with Crippen LogP contribution in [0.4, 0.5) is 0 Å². The van der Waals surface area contributed by atoms with Crippen molar-refractivity contribution in [3.05, 3.63) is 29.0 Å². The summed E-state index contributed by atoms with van der Waals surface area (Å²) in [4.78, 5) is 11.4. The van der Waals surface area contributed by atoms with E-state index in [4.69, 9.17) is 10.5 Å². The SMILES string of the molecule is COc1cc(C)c2c(c1)c(C)c(C(N)=O)n2C. The van der Waals surface area contributed by atoms with Crippen LogP contribution in [0.2, 0.25) is 0 Å². The van der Waals surface area contributed by atoms with Crippen molar-refractivity contribution in [2.24, 2.45) is 12.8 Å². The molecular weight excluding hydrogens is 216 g/mol. The first-order valence-electron chi connectivity index (χ1n) is 5.40. The van der Waals surface area contributed by atoms with Gasteiger partial charge in [0, 0.05) is 12.4 Å². The predicted molar refractivity (Wildman–Crippen MR) is 67.5 cm³/mol. The highest BCUT2D eigenvalue weighted by Crippen LogP contribution is 2.30. The van der Waals surface area contributed by atoms with Crippen molar-refractivity contribution in [1.82, 2.24) is 4.57 Å². The van der Waals surface area contributed by atoms with Gasteiger partial charge in [-0.3, -0.25) is 4.79 Å². The van der Waals surface area contributed by atoms with Crippen molar-refractivity contribution in [2.45, 2.75) is 13.8 Å². The minimum Gasteiger partial charge on any atom is -0.497 e. The number of nitrogens with zero attached hydrogens (tertiary/aromatic N) is 1. The molecule has 1 heterocycles. The molecule has 0 aliphatic carbocycles. The van der Waals surface area contributed by atoms with Gasteiger partial charge < -0.3 is 15.0 Å². The van der Waals surface area contributed by atoms with Gasteiger partial charge in [-0.15, -0.1) is 0 Å². The molecule has 17 heavy (non-hydrogen) atoms. The molecule has 0 saturated carbocycles. The second kappa shape index (κ2) is 3.80. The summed E-state index contributed by atoms with van der Waals surface area (Å²) in [5.74, 6) is 0.388. The Morgan fingerprint density at radius 2 is 2.00 bits per heavy atom. The number of fused-ring (bicyclic) bond motifs is 1. The lowest BCUT2D eigenvalue weighted by molar-refractivity contribution is 0.0992. The summed E-state index contributed by atoms with van der Waals surface area (Å²) in [6.07, 6.45) is 0. The number of aryl methyl sites for hydroxylation is 3. The van der Waals surface area contributed by atoms with E-state index in [1.807, 2.05) is 37.6 Å². The summed E-state index contributed by atoms with van der Waals surface area (Å²) >= 11 is 0. The second-order valence-corrected chi connectivity index (χ2v) is 4.24. The van der Waals surface area contributed by atoms with Crippen LogP contribution in [0.25, 0.3) is 10.9 Å². The summed E-state index contributed by atoms with van der Waals surface area (Å²) in [5.41, 5.74) is 8.95. The molecule has 2 rings (SSSR count). The molecule has 2 aromatic rings. The van der Waals surface area contributed by atoms with Gasteiger partial charge in [-0.25, -0.2) is 0 Å². The fraction of sp³-hybridized carbons (Fsp3) is 0.308. The van der Waals surface area contributed by atoms with Crippen molar-refractivity contribution in [3.63, 3.8) is 0 Å². The highest BCUT2D eigenvalue weighted by atomic mass is 16.5. The molecule has 0 unspecified atom stereocenters. The first kappa shape index (κ1) is 11.5. The van der Waals surface area contributed by atoms with Crippen LogP contribution in [0, 0.1) is 13.8 Å². The molecule has 0 bridgehead atoms. The fourth-order valence-corrected chi connectivity index (χ4v) is 2.44. The number of amides is 1. The molecule has 4 heteroatoms. The van der Waals surface area contributed by atoms with Crippen LogP contribution in [0.1, 0.15) is 21.6 Å². The maximum Gasteiger partial charge on any atom is 0.265 e. The molecule has 0 radical (unpaired) electrons. The van der Waals surface area contributed by atoms with Crippen LogP contribution in [-0.2, 0) is 7.05 Å². The minimum absolute atomic E-state index is 0.403. The lowest BCUT2D eigenvalue weighted by atomic mass is 10.1. The lowest BCUT2D eigenvalue weighted by Crippen LogP contribution is -2.16. The summed E-state index contributed by atoms with van der Waals surface area (Å²) in [7, 11) is 3.49. The average Bonchev–Trinajstić information content (AvgIpc) is 2.51. The molecule has 0 fully saturated rings. The Morgan fingerprint density at radius 3 is 2.53 bits per heavy atom. The molecule has 2 N–H and O–H groups in total. The first-order valence-corrected chi connectivity index (χ1v) is 5.40. The number of primary amides is 1. The van der Waals surface area contributed by atoms with E-state index in [0.29, 0.717) is 5.69 Å². The van der Waals surface area contributed by atoms with Crippen molar-refractivity contribution < 1.29 is 9.53 Å². The highest BCUT2D eigenvalue weighted by molar-refractivity contribution is 6.01. The lowest BCUT2D eigenvalue weighted by Gasteiger charge is -2.05. The van der Waals surface area contributed by atoms with E-state index < -0.39 is 5.91 Å². The number of nitrogens with two attached hydrogens (primary N) is 1. The quantitative estimate of drug-likeness (QED) is 0.859. The number of hydrogen-bond acceptors (Lipinski definition) is 2. The fourth-order valence-electron chi connectivity index (χ4n) is 2.44. The molecule has 0 aliphatic heterocycles. The van der Waals surface area contributed by atoms with Crippen LogP contribution < -0.4 is 10.5 Å². The number of carbonyl (C=O) groups excluding carboxylic acids is 1. The molecule has 1 amide bonds. The van der Waals surface area contributed by atoms with Gasteiger partial charge in [-0.2, -0.15) is 0 Å². The number of ether oxygens (including phenoxy) is 1. The Hall–Kier alpha value is -1.97. The normalized spacial score (nSPS) is 10.8. The summed E-state index contributed by atoms with van der Waals surface area (Å²) in [5, 5.41) is 1.01. The van der Waals surface area contributed by atoms with E-state index in [9.17, 15) is 4.79 Å². The molecule has 4 nitrogen and oxygen atoms in total.